The van der Waals surface area contributed by atoms with Gasteiger partial charge in [0.25, 0.3) is 0 Å². The van der Waals surface area contributed by atoms with Gasteiger partial charge in [-0.3, -0.25) is 0 Å². The molecule has 19 heavy (non-hydrogen) atoms. The van der Waals surface area contributed by atoms with Crippen molar-refractivity contribution in [3.8, 4) is 5.75 Å². The second-order valence-corrected chi connectivity index (χ2v) is 4.59. The van der Waals surface area contributed by atoms with Crippen molar-refractivity contribution in [2.45, 2.75) is 13.3 Å². The summed E-state index contributed by atoms with van der Waals surface area (Å²) in [6.45, 7) is 4.73. The summed E-state index contributed by atoms with van der Waals surface area (Å²) in [5, 5.41) is 3.41. The predicted octanol–water partition coefficient (Wildman–Crippen LogP) is 3.21. The Morgan fingerprint density at radius 3 is 2.42 bits per heavy atom. The van der Waals surface area contributed by atoms with E-state index in [1.807, 2.05) is 30.3 Å². The Morgan fingerprint density at radius 1 is 0.895 bits per heavy atom. The van der Waals surface area contributed by atoms with Gasteiger partial charge in [-0.2, -0.15) is 0 Å². The number of aryl methyl sites for hydroxylation is 1. The molecule has 2 nitrogen and oxygen atoms in total. The fraction of sp³-hybridized carbons (Fsp3) is 0.294. The molecule has 0 heterocycles. The normalized spacial score (nSPS) is 10.4. The van der Waals surface area contributed by atoms with E-state index >= 15 is 0 Å². The number of ether oxygens (including phenoxy) is 1. The quantitative estimate of drug-likeness (QED) is 0.767. The number of rotatable bonds is 7. The lowest BCUT2D eigenvalue weighted by molar-refractivity contribution is 0.314. The fourth-order valence-electron chi connectivity index (χ4n) is 2.00. The van der Waals surface area contributed by atoms with Gasteiger partial charge in [0.2, 0.25) is 0 Å². The smallest absolute Gasteiger partial charge is 0.119 e. The van der Waals surface area contributed by atoms with Crippen molar-refractivity contribution in [1.82, 2.24) is 5.32 Å². The maximum Gasteiger partial charge on any atom is 0.119 e. The lowest BCUT2D eigenvalue weighted by Gasteiger charge is -2.08. The van der Waals surface area contributed by atoms with E-state index in [4.69, 9.17) is 4.74 Å². The van der Waals surface area contributed by atoms with E-state index in [0.717, 1.165) is 25.3 Å². The van der Waals surface area contributed by atoms with Crippen molar-refractivity contribution in [1.29, 1.82) is 0 Å². The van der Waals surface area contributed by atoms with E-state index in [0.29, 0.717) is 6.61 Å². The molecule has 2 aromatic rings. The van der Waals surface area contributed by atoms with E-state index in [9.17, 15) is 0 Å². The van der Waals surface area contributed by atoms with Crippen LogP contribution in [0.3, 0.4) is 0 Å². The molecule has 2 aromatic carbocycles. The first-order valence-corrected chi connectivity index (χ1v) is 6.79. The minimum Gasteiger partial charge on any atom is -0.492 e. The maximum absolute atomic E-state index is 5.62. The van der Waals surface area contributed by atoms with Crippen LogP contribution in [0.2, 0.25) is 0 Å². The summed E-state index contributed by atoms with van der Waals surface area (Å²) in [5.41, 5.74) is 2.78. The number of hydrogen-bond donors (Lipinski definition) is 1. The highest BCUT2D eigenvalue weighted by atomic mass is 16.5. The van der Waals surface area contributed by atoms with Crippen LogP contribution in [-0.4, -0.2) is 19.7 Å². The van der Waals surface area contributed by atoms with Crippen molar-refractivity contribution in [2.24, 2.45) is 0 Å². The second-order valence-electron chi connectivity index (χ2n) is 4.59. The van der Waals surface area contributed by atoms with Crippen LogP contribution in [0, 0.1) is 6.92 Å². The summed E-state index contributed by atoms with van der Waals surface area (Å²) in [6.07, 6.45) is 1.07. The highest BCUT2D eigenvalue weighted by Crippen LogP contribution is 2.08. The summed E-state index contributed by atoms with van der Waals surface area (Å²) >= 11 is 0. The Labute approximate surface area is 115 Å². The van der Waals surface area contributed by atoms with Crippen molar-refractivity contribution < 1.29 is 4.74 Å². The first kappa shape index (κ1) is 13.6. The van der Waals surface area contributed by atoms with E-state index in [1.54, 1.807) is 0 Å². The molecule has 0 aliphatic carbocycles. The number of hydrogen-bond acceptors (Lipinski definition) is 2. The second kappa shape index (κ2) is 7.59. The van der Waals surface area contributed by atoms with Crippen molar-refractivity contribution in [3.05, 3.63) is 65.7 Å². The summed E-state index contributed by atoms with van der Waals surface area (Å²) in [6, 6.07) is 18.5. The molecule has 0 radical (unpaired) electrons. The Morgan fingerprint density at radius 2 is 1.63 bits per heavy atom. The number of para-hydroxylation sites is 1. The van der Waals surface area contributed by atoms with E-state index in [2.05, 4.69) is 36.5 Å². The molecule has 0 atom stereocenters. The van der Waals surface area contributed by atoms with Gasteiger partial charge in [0.1, 0.15) is 12.4 Å². The summed E-state index contributed by atoms with van der Waals surface area (Å²) in [4.78, 5) is 0. The topological polar surface area (TPSA) is 21.3 Å². The Bertz CT molecular complexity index is 482. The van der Waals surface area contributed by atoms with Crippen molar-refractivity contribution in [3.63, 3.8) is 0 Å². The standard InChI is InChI=1S/C17H21NO/c1-15-7-5-6-8-16(15)11-12-18-13-14-19-17-9-3-2-4-10-17/h2-10,18H,11-14H2,1H3. The molecule has 0 saturated heterocycles. The number of benzene rings is 2. The molecule has 0 fully saturated rings. The molecule has 1 N–H and O–H groups in total. The molecule has 0 aliphatic rings. The third kappa shape index (κ3) is 4.76. The van der Waals surface area contributed by atoms with Gasteiger partial charge in [0.15, 0.2) is 0 Å². The Hall–Kier alpha value is -1.80. The van der Waals surface area contributed by atoms with E-state index < -0.39 is 0 Å². The van der Waals surface area contributed by atoms with Gasteiger partial charge in [-0.05, 0) is 43.1 Å². The minimum absolute atomic E-state index is 0.706. The lowest BCUT2D eigenvalue weighted by atomic mass is 10.1. The third-order valence-electron chi connectivity index (χ3n) is 3.12. The van der Waals surface area contributed by atoms with Gasteiger partial charge < -0.3 is 10.1 Å². The van der Waals surface area contributed by atoms with Crippen molar-refractivity contribution >= 4 is 0 Å². The molecule has 0 unspecified atom stereocenters. The van der Waals surface area contributed by atoms with Gasteiger partial charge in [-0.1, -0.05) is 42.5 Å². The van der Waals surface area contributed by atoms with Crippen LogP contribution in [0.5, 0.6) is 5.75 Å². The molecule has 0 spiro atoms. The monoisotopic (exact) mass is 255 g/mol. The van der Waals surface area contributed by atoms with Gasteiger partial charge in [0, 0.05) is 6.54 Å². The lowest BCUT2D eigenvalue weighted by Crippen LogP contribution is -2.23. The van der Waals surface area contributed by atoms with Crippen molar-refractivity contribution in [2.75, 3.05) is 19.7 Å². The van der Waals surface area contributed by atoms with Crippen LogP contribution in [0.4, 0.5) is 0 Å². The highest BCUT2D eigenvalue weighted by molar-refractivity contribution is 5.25. The van der Waals surface area contributed by atoms with Crippen LogP contribution in [0.1, 0.15) is 11.1 Å². The summed E-state index contributed by atoms with van der Waals surface area (Å²) in [7, 11) is 0. The predicted molar refractivity (Wildman–Crippen MR) is 79.7 cm³/mol. The van der Waals surface area contributed by atoms with Crippen LogP contribution in [0.25, 0.3) is 0 Å². The molecular weight excluding hydrogens is 234 g/mol. The summed E-state index contributed by atoms with van der Waals surface area (Å²) < 4.78 is 5.62. The maximum atomic E-state index is 5.62. The number of nitrogens with one attached hydrogen (secondary N) is 1. The van der Waals surface area contributed by atoms with Crippen LogP contribution >= 0.6 is 0 Å². The zero-order valence-corrected chi connectivity index (χ0v) is 11.4. The van der Waals surface area contributed by atoms with Gasteiger partial charge in [-0.25, -0.2) is 0 Å². The first-order chi connectivity index (χ1) is 9.36. The zero-order chi connectivity index (χ0) is 13.3. The van der Waals surface area contributed by atoms with E-state index in [1.165, 1.54) is 11.1 Å². The Balaban J connectivity index is 1.59. The fourth-order valence-corrected chi connectivity index (χ4v) is 2.00. The van der Waals surface area contributed by atoms with Crippen LogP contribution < -0.4 is 10.1 Å². The minimum atomic E-state index is 0.706. The third-order valence-corrected chi connectivity index (χ3v) is 3.12. The molecule has 0 bridgehead atoms. The van der Waals surface area contributed by atoms with Gasteiger partial charge in [-0.15, -0.1) is 0 Å². The van der Waals surface area contributed by atoms with Gasteiger partial charge in [0.05, 0.1) is 0 Å². The average molecular weight is 255 g/mol. The van der Waals surface area contributed by atoms with Gasteiger partial charge >= 0.3 is 0 Å². The Kier molecular flexibility index (Phi) is 5.45. The molecule has 0 aliphatic heterocycles. The molecule has 0 amide bonds. The molecule has 2 heteroatoms. The first-order valence-electron chi connectivity index (χ1n) is 6.79. The molecular formula is C17H21NO. The molecule has 100 valence electrons. The summed E-state index contributed by atoms with van der Waals surface area (Å²) in [5.74, 6) is 0.934. The SMILES string of the molecule is Cc1ccccc1CCNCCOc1ccccc1. The highest BCUT2D eigenvalue weighted by Gasteiger charge is 1.96. The van der Waals surface area contributed by atoms with E-state index in [-0.39, 0.29) is 0 Å². The average Bonchev–Trinajstić information content (AvgIpc) is 2.45. The van der Waals surface area contributed by atoms with Crippen LogP contribution in [0.15, 0.2) is 54.6 Å². The molecule has 2 rings (SSSR count). The molecule has 0 aromatic heterocycles. The molecule has 0 saturated carbocycles. The largest absolute Gasteiger partial charge is 0.492 e. The zero-order valence-electron chi connectivity index (χ0n) is 11.4. The van der Waals surface area contributed by atoms with Crippen LogP contribution in [-0.2, 0) is 6.42 Å².